The summed E-state index contributed by atoms with van der Waals surface area (Å²) in [6, 6.07) is 9.22. The zero-order valence-corrected chi connectivity index (χ0v) is 17.9. The summed E-state index contributed by atoms with van der Waals surface area (Å²) in [6.45, 7) is 1.96. The van der Waals surface area contributed by atoms with Crippen molar-refractivity contribution in [3.63, 3.8) is 0 Å². The molecular formula is C22H19ClF4N4O2. The number of carbonyl (C=O) groups excluding carboxylic acids is 1. The summed E-state index contributed by atoms with van der Waals surface area (Å²) in [6.07, 6.45) is -5.89. The van der Waals surface area contributed by atoms with Gasteiger partial charge in [0, 0.05) is 30.3 Å². The van der Waals surface area contributed by atoms with Gasteiger partial charge in [-0.2, -0.15) is 17.6 Å². The number of carbonyl (C=O) groups is 1. The predicted octanol–water partition coefficient (Wildman–Crippen LogP) is 5.27. The molecule has 0 bridgehead atoms. The van der Waals surface area contributed by atoms with E-state index in [2.05, 4.69) is 20.0 Å². The monoisotopic (exact) mass is 482 g/mol. The smallest absolute Gasteiger partial charge is 0.428 e. The molecule has 1 N–H and O–H groups in total. The van der Waals surface area contributed by atoms with Crippen LogP contribution in [-0.2, 0) is 0 Å². The topological polar surface area (TPSA) is 67.4 Å². The van der Waals surface area contributed by atoms with Crippen molar-refractivity contribution in [1.29, 1.82) is 0 Å². The van der Waals surface area contributed by atoms with Crippen LogP contribution < -0.4 is 15.0 Å². The van der Waals surface area contributed by atoms with E-state index in [1.54, 1.807) is 24.4 Å². The van der Waals surface area contributed by atoms with Gasteiger partial charge in [-0.3, -0.25) is 9.78 Å². The van der Waals surface area contributed by atoms with Gasteiger partial charge in [-0.15, -0.1) is 0 Å². The Bertz CT molecular complexity index is 1160. The lowest BCUT2D eigenvalue weighted by atomic mass is 10.1. The van der Waals surface area contributed by atoms with E-state index in [0.29, 0.717) is 48.0 Å². The summed E-state index contributed by atoms with van der Waals surface area (Å²) < 4.78 is 55.3. The number of ether oxygens (including phenoxy) is 1. The van der Waals surface area contributed by atoms with Crippen LogP contribution in [0.3, 0.4) is 0 Å². The maximum Gasteiger partial charge on any atom is 0.461 e. The van der Waals surface area contributed by atoms with Crippen molar-refractivity contribution in [2.24, 2.45) is 5.92 Å². The minimum Gasteiger partial charge on any atom is -0.428 e. The van der Waals surface area contributed by atoms with Crippen LogP contribution in [0.1, 0.15) is 16.8 Å². The SMILES string of the molecule is O=Cc1cc(N2CCC(CNc3cnc4cc(Cl)ccc4n3)C2)ccc1OC(F)(F)C(F)F. The highest BCUT2D eigenvalue weighted by molar-refractivity contribution is 6.31. The maximum absolute atomic E-state index is 13.2. The number of anilines is 2. The summed E-state index contributed by atoms with van der Waals surface area (Å²) >= 11 is 5.96. The average molecular weight is 483 g/mol. The number of alkyl halides is 4. The Labute approximate surface area is 191 Å². The molecule has 2 heterocycles. The fourth-order valence-electron chi connectivity index (χ4n) is 3.66. The van der Waals surface area contributed by atoms with Crippen LogP contribution in [-0.4, -0.2) is 48.4 Å². The summed E-state index contributed by atoms with van der Waals surface area (Å²) in [5.74, 6) is 0.298. The first-order chi connectivity index (χ1) is 15.7. The largest absolute Gasteiger partial charge is 0.461 e. The van der Waals surface area contributed by atoms with Crippen LogP contribution in [0, 0.1) is 5.92 Å². The highest BCUT2D eigenvalue weighted by Crippen LogP contribution is 2.33. The first-order valence-electron chi connectivity index (χ1n) is 10.1. The lowest BCUT2D eigenvalue weighted by molar-refractivity contribution is -0.253. The maximum atomic E-state index is 13.2. The molecule has 6 nitrogen and oxygen atoms in total. The number of hydrogen-bond acceptors (Lipinski definition) is 6. The third-order valence-electron chi connectivity index (χ3n) is 5.35. The Hall–Kier alpha value is -3.14. The molecule has 1 unspecified atom stereocenters. The summed E-state index contributed by atoms with van der Waals surface area (Å²) in [5, 5.41) is 3.86. The molecule has 0 aliphatic carbocycles. The molecule has 174 valence electrons. The van der Waals surface area contributed by atoms with Crippen molar-refractivity contribution in [2.75, 3.05) is 29.9 Å². The minimum atomic E-state index is -4.68. The molecule has 1 aliphatic heterocycles. The number of nitrogens with zero attached hydrogens (tertiary/aromatic N) is 3. The summed E-state index contributed by atoms with van der Waals surface area (Å²) in [7, 11) is 0. The van der Waals surface area contributed by atoms with Crippen molar-refractivity contribution in [3.8, 4) is 5.75 Å². The number of halogens is 5. The number of nitrogens with one attached hydrogen (secondary N) is 1. The number of hydrogen-bond donors (Lipinski definition) is 1. The molecular weight excluding hydrogens is 464 g/mol. The van der Waals surface area contributed by atoms with Gasteiger partial charge in [-0.1, -0.05) is 11.6 Å². The molecule has 1 aromatic heterocycles. The summed E-state index contributed by atoms with van der Waals surface area (Å²) in [5.41, 5.74) is 1.82. The van der Waals surface area contributed by atoms with Gasteiger partial charge in [0.2, 0.25) is 0 Å². The molecule has 1 aliphatic rings. The van der Waals surface area contributed by atoms with Crippen molar-refractivity contribution in [2.45, 2.75) is 19.0 Å². The molecule has 4 rings (SSSR count). The van der Waals surface area contributed by atoms with Crippen molar-refractivity contribution < 1.29 is 27.1 Å². The lowest BCUT2D eigenvalue weighted by Crippen LogP contribution is -2.33. The zero-order chi connectivity index (χ0) is 23.6. The van der Waals surface area contributed by atoms with Gasteiger partial charge in [0.05, 0.1) is 22.8 Å². The number of rotatable bonds is 8. The van der Waals surface area contributed by atoms with Crippen LogP contribution in [0.2, 0.25) is 5.02 Å². The second-order valence-corrected chi connectivity index (χ2v) is 8.11. The molecule has 1 fully saturated rings. The molecule has 0 radical (unpaired) electrons. The highest BCUT2D eigenvalue weighted by Gasteiger charge is 2.44. The fourth-order valence-corrected chi connectivity index (χ4v) is 3.83. The third kappa shape index (κ3) is 5.27. The van der Waals surface area contributed by atoms with Gasteiger partial charge < -0.3 is 15.0 Å². The Balaban J connectivity index is 1.38. The molecule has 33 heavy (non-hydrogen) atoms. The second kappa shape index (κ2) is 9.38. The van der Waals surface area contributed by atoms with E-state index in [1.165, 1.54) is 12.1 Å². The van der Waals surface area contributed by atoms with E-state index < -0.39 is 18.3 Å². The molecule has 1 atom stereocenters. The number of aromatic nitrogens is 2. The zero-order valence-electron chi connectivity index (χ0n) is 17.1. The number of benzene rings is 2. The Morgan fingerprint density at radius 2 is 2.06 bits per heavy atom. The highest BCUT2D eigenvalue weighted by atomic mass is 35.5. The standard InChI is InChI=1S/C22H19ClF4N4O2/c23-15-1-3-17-18(8-15)28-10-20(30-17)29-9-13-5-6-31(11-13)16-2-4-19(14(7-16)12-32)33-22(26,27)21(24)25/h1-4,7-8,10,12-13,21H,5-6,9,11H2,(H,29,30). The second-order valence-electron chi connectivity index (χ2n) is 7.67. The van der Waals surface area contributed by atoms with Crippen LogP contribution in [0.5, 0.6) is 5.75 Å². The average Bonchev–Trinajstić information content (AvgIpc) is 3.26. The van der Waals surface area contributed by atoms with E-state index >= 15 is 0 Å². The van der Waals surface area contributed by atoms with E-state index in [0.717, 1.165) is 18.0 Å². The molecule has 1 saturated heterocycles. The predicted molar refractivity (Wildman–Crippen MR) is 117 cm³/mol. The quantitative estimate of drug-likeness (QED) is 0.348. The minimum absolute atomic E-state index is 0.221. The van der Waals surface area contributed by atoms with Crippen LogP contribution in [0.15, 0.2) is 42.6 Å². The molecule has 0 amide bonds. The first kappa shape index (κ1) is 23.0. The Kier molecular flexibility index (Phi) is 6.55. The van der Waals surface area contributed by atoms with Crippen molar-refractivity contribution in [1.82, 2.24) is 9.97 Å². The van der Waals surface area contributed by atoms with Gasteiger partial charge >= 0.3 is 12.5 Å². The van der Waals surface area contributed by atoms with E-state index in [-0.39, 0.29) is 11.5 Å². The molecule has 0 saturated carbocycles. The molecule has 0 spiro atoms. The fraction of sp³-hybridized carbons (Fsp3) is 0.318. The summed E-state index contributed by atoms with van der Waals surface area (Å²) in [4.78, 5) is 22.2. The van der Waals surface area contributed by atoms with Crippen LogP contribution >= 0.6 is 11.6 Å². The van der Waals surface area contributed by atoms with E-state index in [9.17, 15) is 22.4 Å². The van der Waals surface area contributed by atoms with Crippen LogP contribution in [0.4, 0.5) is 29.1 Å². The van der Waals surface area contributed by atoms with Gasteiger partial charge in [-0.25, -0.2) is 4.98 Å². The van der Waals surface area contributed by atoms with E-state index in [1.807, 2.05) is 4.90 Å². The Morgan fingerprint density at radius 3 is 2.82 bits per heavy atom. The molecule has 11 heteroatoms. The number of fused-ring (bicyclic) bond motifs is 1. The molecule has 2 aromatic carbocycles. The first-order valence-corrected chi connectivity index (χ1v) is 10.5. The van der Waals surface area contributed by atoms with Gasteiger partial charge in [-0.05, 0) is 48.7 Å². The van der Waals surface area contributed by atoms with E-state index in [4.69, 9.17) is 11.6 Å². The van der Waals surface area contributed by atoms with Gasteiger partial charge in [0.25, 0.3) is 0 Å². The third-order valence-corrected chi connectivity index (χ3v) is 5.58. The Morgan fingerprint density at radius 1 is 1.24 bits per heavy atom. The lowest BCUT2D eigenvalue weighted by Gasteiger charge is -2.22. The normalized spacial score (nSPS) is 16.4. The van der Waals surface area contributed by atoms with Gasteiger partial charge in [0.15, 0.2) is 6.29 Å². The number of aldehydes is 1. The molecule has 3 aromatic rings. The van der Waals surface area contributed by atoms with Crippen molar-refractivity contribution >= 4 is 40.4 Å². The van der Waals surface area contributed by atoms with Crippen LogP contribution in [0.25, 0.3) is 11.0 Å². The van der Waals surface area contributed by atoms with Gasteiger partial charge in [0.1, 0.15) is 11.6 Å². The van der Waals surface area contributed by atoms with Crippen molar-refractivity contribution in [3.05, 3.63) is 53.2 Å².